The largest absolute Gasteiger partial charge is 0.489 e. The quantitative estimate of drug-likeness (QED) is 0.794. The monoisotopic (exact) mass is 310 g/mol. The van der Waals surface area contributed by atoms with Crippen molar-refractivity contribution < 1.29 is 19.0 Å². The first-order valence-corrected chi connectivity index (χ1v) is 7.38. The summed E-state index contributed by atoms with van der Waals surface area (Å²) < 4.78 is 16.8. The first-order chi connectivity index (χ1) is 11.0. The van der Waals surface area contributed by atoms with Crippen molar-refractivity contribution in [3.63, 3.8) is 0 Å². The van der Waals surface area contributed by atoms with Gasteiger partial charge in [0.25, 0.3) is 0 Å². The zero-order valence-corrected chi connectivity index (χ0v) is 13.2. The highest BCUT2D eigenvalue weighted by Crippen LogP contribution is 2.37. The Bertz CT molecular complexity index is 747. The molecular formula is C19H18O4. The molecule has 0 spiro atoms. The van der Waals surface area contributed by atoms with Crippen LogP contribution in [0, 0.1) is 0 Å². The minimum Gasteiger partial charge on any atom is -0.489 e. The molecule has 1 heterocycles. The summed E-state index contributed by atoms with van der Waals surface area (Å²) in [4.78, 5) is 12.2. The van der Waals surface area contributed by atoms with Gasteiger partial charge in [0.05, 0.1) is 0 Å². The number of carbonyl (C=O) groups is 1. The predicted molar refractivity (Wildman–Crippen MR) is 87.4 cm³/mol. The molecule has 1 aliphatic rings. The van der Waals surface area contributed by atoms with E-state index in [2.05, 4.69) is 6.58 Å². The fraction of sp³-hybridized carbons (Fsp3) is 0.211. The summed E-state index contributed by atoms with van der Waals surface area (Å²) in [6.07, 6.45) is 1.59. The second kappa shape index (κ2) is 5.80. The molecule has 0 amide bonds. The molecule has 0 bridgehead atoms. The Morgan fingerprint density at radius 1 is 1.17 bits per heavy atom. The summed E-state index contributed by atoms with van der Waals surface area (Å²) in [6.45, 7) is 7.57. The highest BCUT2D eigenvalue weighted by atomic mass is 16.7. The third-order valence-electron chi connectivity index (χ3n) is 3.47. The molecule has 0 saturated carbocycles. The lowest BCUT2D eigenvalue weighted by Crippen LogP contribution is -2.39. The van der Waals surface area contributed by atoms with Crippen LogP contribution in [0.15, 0.2) is 49.0 Å². The third kappa shape index (κ3) is 3.21. The van der Waals surface area contributed by atoms with Crippen molar-refractivity contribution in [2.24, 2.45) is 0 Å². The van der Waals surface area contributed by atoms with E-state index in [0.717, 1.165) is 5.56 Å². The van der Waals surface area contributed by atoms with Crippen molar-refractivity contribution in [3.8, 4) is 11.5 Å². The van der Waals surface area contributed by atoms with Crippen LogP contribution >= 0.6 is 0 Å². The number of hydrogen-bond acceptors (Lipinski definition) is 4. The lowest BCUT2D eigenvalue weighted by molar-refractivity contribution is -0.127. The summed E-state index contributed by atoms with van der Waals surface area (Å²) in [6, 6.07) is 13.3. The Kier molecular flexibility index (Phi) is 3.82. The molecule has 23 heavy (non-hydrogen) atoms. The number of fused-ring (bicyclic) bond motifs is 1. The Balaban J connectivity index is 1.91. The number of carbonyl (C=O) groups excluding carboxylic acids is 1. The molecule has 0 aliphatic carbocycles. The van der Waals surface area contributed by atoms with Gasteiger partial charge < -0.3 is 14.2 Å². The molecular weight excluding hydrogens is 292 g/mol. The summed E-state index contributed by atoms with van der Waals surface area (Å²) in [5, 5.41) is 0. The molecule has 2 aromatic carbocycles. The minimum atomic E-state index is -0.999. The predicted octanol–water partition coefficient (Wildman–Crippen LogP) is 4.19. The molecule has 1 aliphatic heterocycles. The first-order valence-electron chi connectivity index (χ1n) is 7.38. The highest BCUT2D eigenvalue weighted by Gasteiger charge is 2.35. The Labute approximate surface area is 135 Å². The van der Waals surface area contributed by atoms with E-state index in [-0.39, 0.29) is 0 Å². The van der Waals surface area contributed by atoms with Crippen molar-refractivity contribution in [2.45, 2.75) is 26.2 Å². The van der Waals surface area contributed by atoms with Gasteiger partial charge in [-0.05, 0) is 17.2 Å². The Hall–Kier alpha value is -2.75. The number of rotatable bonds is 4. The van der Waals surface area contributed by atoms with Crippen molar-refractivity contribution >= 4 is 12.0 Å². The first kappa shape index (κ1) is 15.2. The molecule has 0 N–H and O–H groups in total. The zero-order chi connectivity index (χ0) is 16.4. The van der Waals surface area contributed by atoms with Crippen LogP contribution in [-0.4, -0.2) is 11.8 Å². The maximum absolute atomic E-state index is 12.2. The van der Waals surface area contributed by atoms with Crippen molar-refractivity contribution in [2.75, 3.05) is 0 Å². The van der Waals surface area contributed by atoms with Crippen molar-refractivity contribution in [1.29, 1.82) is 0 Å². The second-order valence-corrected chi connectivity index (χ2v) is 5.76. The third-order valence-corrected chi connectivity index (χ3v) is 3.47. The molecule has 0 radical (unpaired) electrons. The molecule has 0 atom stereocenters. The van der Waals surface area contributed by atoms with Crippen molar-refractivity contribution in [3.05, 3.63) is 65.7 Å². The van der Waals surface area contributed by atoms with E-state index in [1.54, 1.807) is 32.1 Å². The number of esters is 1. The van der Waals surface area contributed by atoms with Gasteiger partial charge in [-0.3, -0.25) is 0 Å². The zero-order valence-electron chi connectivity index (χ0n) is 13.2. The van der Waals surface area contributed by atoms with E-state index in [9.17, 15) is 4.79 Å². The summed E-state index contributed by atoms with van der Waals surface area (Å²) in [5.41, 5.74) is 2.07. The lowest BCUT2D eigenvalue weighted by Gasteiger charge is -2.32. The van der Waals surface area contributed by atoms with Gasteiger partial charge in [-0.25, -0.2) is 4.79 Å². The lowest BCUT2D eigenvalue weighted by atomic mass is 10.0. The van der Waals surface area contributed by atoms with Gasteiger partial charge in [-0.1, -0.05) is 43.0 Å². The van der Waals surface area contributed by atoms with E-state index in [1.165, 1.54) is 0 Å². The van der Waals surface area contributed by atoms with Gasteiger partial charge >= 0.3 is 5.97 Å². The van der Waals surface area contributed by atoms with Gasteiger partial charge in [0.15, 0.2) is 0 Å². The molecule has 0 aromatic heterocycles. The van der Waals surface area contributed by atoms with E-state index >= 15 is 0 Å². The number of ether oxygens (including phenoxy) is 3. The van der Waals surface area contributed by atoms with E-state index in [0.29, 0.717) is 29.2 Å². The Morgan fingerprint density at radius 2 is 1.91 bits per heavy atom. The van der Waals surface area contributed by atoms with Crippen LogP contribution in [0.2, 0.25) is 0 Å². The van der Waals surface area contributed by atoms with Crippen molar-refractivity contribution in [1.82, 2.24) is 0 Å². The molecule has 0 fully saturated rings. The molecule has 4 nitrogen and oxygen atoms in total. The second-order valence-electron chi connectivity index (χ2n) is 5.76. The van der Waals surface area contributed by atoms with Gasteiger partial charge in [0.2, 0.25) is 5.79 Å². The molecule has 2 aromatic rings. The SMILES string of the molecule is C=Cc1cc(OCc2ccccc2)cc2c1C(=O)OC(C)(C)O2. The topological polar surface area (TPSA) is 44.8 Å². The molecule has 3 rings (SSSR count). The van der Waals surface area contributed by atoms with Crippen LogP contribution in [-0.2, 0) is 11.3 Å². The number of benzene rings is 2. The van der Waals surface area contributed by atoms with Crippen LogP contribution in [0.5, 0.6) is 11.5 Å². The smallest absolute Gasteiger partial charge is 0.345 e. The van der Waals surface area contributed by atoms with Gasteiger partial charge in [0, 0.05) is 19.9 Å². The fourth-order valence-corrected chi connectivity index (χ4v) is 2.45. The molecule has 0 unspecified atom stereocenters. The van der Waals surface area contributed by atoms with Crippen LogP contribution in [0.1, 0.15) is 35.3 Å². The van der Waals surface area contributed by atoms with E-state index in [1.807, 2.05) is 30.3 Å². The fourth-order valence-electron chi connectivity index (χ4n) is 2.45. The van der Waals surface area contributed by atoms with Gasteiger partial charge in [0.1, 0.15) is 23.7 Å². The van der Waals surface area contributed by atoms with Crippen LogP contribution in [0.25, 0.3) is 6.08 Å². The average molecular weight is 310 g/mol. The standard InChI is InChI=1S/C19H18O4/c1-4-14-10-15(21-12-13-8-6-5-7-9-13)11-16-17(14)18(20)23-19(2,3)22-16/h4-11H,1,12H2,2-3H3. The molecule has 0 saturated heterocycles. The highest BCUT2D eigenvalue weighted by molar-refractivity contribution is 5.98. The Morgan fingerprint density at radius 3 is 2.61 bits per heavy atom. The van der Waals surface area contributed by atoms with E-state index in [4.69, 9.17) is 14.2 Å². The summed E-state index contributed by atoms with van der Waals surface area (Å²) >= 11 is 0. The van der Waals surface area contributed by atoms with E-state index < -0.39 is 11.8 Å². The summed E-state index contributed by atoms with van der Waals surface area (Å²) in [7, 11) is 0. The van der Waals surface area contributed by atoms with Gasteiger partial charge in [-0.15, -0.1) is 0 Å². The number of hydrogen-bond donors (Lipinski definition) is 0. The summed E-state index contributed by atoms with van der Waals surface area (Å²) in [5.74, 6) is -0.346. The van der Waals surface area contributed by atoms with Crippen LogP contribution in [0.4, 0.5) is 0 Å². The average Bonchev–Trinajstić information content (AvgIpc) is 2.51. The maximum Gasteiger partial charge on any atom is 0.345 e. The minimum absolute atomic E-state index is 0.381. The van der Waals surface area contributed by atoms with Crippen LogP contribution in [0.3, 0.4) is 0 Å². The maximum atomic E-state index is 12.2. The molecule has 118 valence electrons. The molecule has 4 heteroatoms. The van der Waals surface area contributed by atoms with Crippen LogP contribution < -0.4 is 9.47 Å². The van der Waals surface area contributed by atoms with Gasteiger partial charge in [-0.2, -0.15) is 0 Å². The normalized spacial score (nSPS) is 15.1. The number of cyclic esters (lactones) is 1.